The highest BCUT2D eigenvalue weighted by atomic mass is 32.2. The summed E-state index contributed by atoms with van der Waals surface area (Å²) < 4.78 is 35.1. The van der Waals surface area contributed by atoms with Gasteiger partial charge in [-0.3, -0.25) is 4.18 Å². The van der Waals surface area contributed by atoms with Gasteiger partial charge in [0.25, 0.3) is 10.1 Å². The second kappa shape index (κ2) is 9.23. The molecule has 3 N–H and O–H groups in total. The summed E-state index contributed by atoms with van der Waals surface area (Å²) in [6.45, 7) is 1.37. The molecule has 0 radical (unpaired) electrons. The summed E-state index contributed by atoms with van der Waals surface area (Å²) in [6, 6.07) is 14.2. The fourth-order valence-electron chi connectivity index (χ4n) is 3.29. The van der Waals surface area contributed by atoms with Crippen molar-refractivity contribution < 1.29 is 37.5 Å². The summed E-state index contributed by atoms with van der Waals surface area (Å²) in [7, 11) is -4.08. The molecule has 0 amide bonds. The van der Waals surface area contributed by atoms with Crippen molar-refractivity contribution >= 4 is 16.1 Å². The molecular weight excluding hydrogens is 412 g/mol. The van der Waals surface area contributed by atoms with E-state index in [4.69, 9.17) is 8.92 Å². The Kier molecular flexibility index (Phi) is 6.89. The van der Waals surface area contributed by atoms with Gasteiger partial charge in [0.2, 0.25) is 0 Å². The maximum atomic E-state index is 12.4. The van der Waals surface area contributed by atoms with Crippen LogP contribution in [0.4, 0.5) is 0 Å². The number of benzene rings is 2. The van der Waals surface area contributed by atoms with Crippen LogP contribution in [0, 0.1) is 12.8 Å². The Bertz CT molecular complexity index is 958. The quantitative estimate of drug-likeness (QED) is 0.452. The van der Waals surface area contributed by atoms with Crippen molar-refractivity contribution in [1.82, 2.24) is 0 Å². The van der Waals surface area contributed by atoms with Crippen LogP contribution in [-0.4, -0.2) is 60.7 Å². The number of carbonyl (C=O) groups excluding carboxylic acids is 1. The van der Waals surface area contributed by atoms with E-state index >= 15 is 0 Å². The predicted octanol–water partition coefficient (Wildman–Crippen LogP) is 1.03. The van der Waals surface area contributed by atoms with Gasteiger partial charge in [0.1, 0.15) is 18.3 Å². The van der Waals surface area contributed by atoms with Crippen molar-refractivity contribution in [3.63, 3.8) is 0 Å². The fraction of sp³-hybridized carbons (Fsp3) is 0.381. The Morgan fingerprint density at radius 1 is 0.967 bits per heavy atom. The van der Waals surface area contributed by atoms with Crippen LogP contribution in [0.15, 0.2) is 59.5 Å². The van der Waals surface area contributed by atoms with E-state index in [0.717, 1.165) is 5.56 Å². The van der Waals surface area contributed by atoms with Crippen LogP contribution < -0.4 is 0 Å². The molecule has 1 saturated carbocycles. The topological polar surface area (TPSA) is 130 Å². The normalized spacial score (nSPS) is 26.9. The molecule has 1 aliphatic rings. The number of ether oxygens (including phenoxy) is 1. The summed E-state index contributed by atoms with van der Waals surface area (Å²) in [4.78, 5) is 12.2. The van der Waals surface area contributed by atoms with Gasteiger partial charge >= 0.3 is 5.97 Å². The third kappa shape index (κ3) is 5.05. The number of aliphatic hydroxyl groups is 3. The standard InChI is InChI=1S/C21H24O8S/c1-13-7-9-16(10-8-13)30(26,27)28-12-15-11-17(19(23)20(24)18(15)22)29-21(25)14-5-3-2-4-6-14/h2-10,15,17-20,22-24H,11-12H2,1H3/t15?,17-,18?,19+,20?/m1/s1. The number of carbonyl (C=O) groups is 1. The first kappa shape index (κ1) is 22.4. The van der Waals surface area contributed by atoms with Crippen molar-refractivity contribution in [3.8, 4) is 0 Å². The first-order valence-corrected chi connectivity index (χ1v) is 10.9. The molecule has 0 spiro atoms. The molecule has 5 atom stereocenters. The molecule has 0 saturated heterocycles. The van der Waals surface area contributed by atoms with Gasteiger partial charge in [0.05, 0.1) is 23.2 Å². The third-order valence-electron chi connectivity index (χ3n) is 5.11. The summed E-state index contributed by atoms with van der Waals surface area (Å²) >= 11 is 0. The van der Waals surface area contributed by atoms with E-state index < -0.39 is 53.0 Å². The lowest BCUT2D eigenvalue weighted by Crippen LogP contribution is -2.55. The second-order valence-electron chi connectivity index (χ2n) is 7.33. The number of hydrogen-bond acceptors (Lipinski definition) is 8. The Morgan fingerprint density at radius 3 is 2.23 bits per heavy atom. The summed E-state index contributed by atoms with van der Waals surface area (Å²) in [5.74, 6) is -1.58. The van der Waals surface area contributed by atoms with Gasteiger partial charge in [0, 0.05) is 5.92 Å². The van der Waals surface area contributed by atoms with Gasteiger partial charge in [-0.2, -0.15) is 8.42 Å². The van der Waals surface area contributed by atoms with Crippen LogP contribution in [0.25, 0.3) is 0 Å². The van der Waals surface area contributed by atoms with Gasteiger partial charge in [0.15, 0.2) is 0 Å². The highest BCUT2D eigenvalue weighted by Gasteiger charge is 2.45. The lowest BCUT2D eigenvalue weighted by atomic mass is 9.81. The van der Waals surface area contributed by atoms with Crippen LogP contribution in [0.1, 0.15) is 22.3 Å². The van der Waals surface area contributed by atoms with Crippen molar-refractivity contribution in [2.45, 2.75) is 42.7 Å². The average molecular weight is 436 g/mol. The van der Waals surface area contributed by atoms with E-state index in [-0.39, 0.29) is 16.9 Å². The zero-order valence-corrected chi connectivity index (χ0v) is 17.1. The molecule has 9 heteroatoms. The highest BCUT2D eigenvalue weighted by molar-refractivity contribution is 7.86. The molecule has 2 aromatic rings. The fourth-order valence-corrected chi connectivity index (χ4v) is 4.25. The van der Waals surface area contributed by atoms with Crippen molar-refractivity contribution in [2.75, 3.05) is 6.61 Å². The molecule has 8 nitrogen and oxygen atoms in total. The van der Waals surface area contributed by atoms with E-state index in [1.54, 1.807) is 30.3 Å². The molecule has 0 bridgehead atoms. The van der Waals surface area contributed by atoms with Crippen molar-refractivity contribution in [1.29, 1.82) is 0 Å². The van der Waals surface area contributed by atoms with Gasteiger partial charge in [-0.25, -0.2) is 4.79 Å². The van der Waals surface area contributed by atoms with Gasteiger partial charge in [-0.05, 0) is 37.6 Å². The minimum absolute atomic E-state index is 0.0361. The van der Waals surface area contributed by atoms with Crippen LogP contribution >= 0.6 is 0 Å². The van der Waals surface area contributed by atoms with Gasteiger partial charge in [-0.15, -0.1) is 0 Å². The van der Waals surface area contributed by atoms with Crippen LogP contribution in [0.2, 0.25) is 0 Å². The molecule has 162 valence electrons. The molecular formula is C21H24O8S. The van der Waals surface area contributed by atoms with E-state index in [1.807, 2.05) is 6.92 Å². The Morgan fingerprint density at radius 2 is 1.60 bits per heavy atom. The minimum Gasteiger partial charge on any atom is -0.456 e. The number of hydrogen-bond donors (Lipinski definition) is 3. The Hall–Kier alpha value is -2.30. The summed E-state index contributed by atoms with van der Waals surface area (Å²) in [6.07, 6.45) is -5.80. The zero-order valence-electron chi connectivity index (χ0n) is 16.3. The Balaban J connectivity index is 1.68. The maximum absolute atomic E-state index is 12.4. The molecule has 3 unspecified atom stereocenters. The molecule has 1 fully saturated rings. The molecule has 1 aliphatic carbocycles. The Labute approximate surface area is 174 Å². The molecule has 0 aromatic heterocycles. The highest BCUT2D eigenvalue weighted by Crippen LogP contribution is 2.30. The second-order valence-corrected chi connectivity index (χ2v) is 8.94. The van der Waals surface area contributed by atoms with E-state index in [0.29, 0.717) is 0 Å². The lowest BCUT2D eigenvalue weighted by molar-refractivity contribution is -0.163. The summed E-state index contributed by atoms with van der Waals surface area (Å²) in [5.41, 5.74) is 1.15. The number of aryl methyl sites for hydroxylation is 1. The van der Waals surface area contributed by atoms with E-state index in [1.165, 1.54) is 24.3 Å². The maximum Gasteiger partial charge on any atom is 0.338 e. The van der Waals surface area contributed by atoms with Gasteiger partial charge < -0.3 is 20.1 Å². The van der Waals surface area contributed by atoms with Crippen LogP contribution in [0.5, 0.6) is 0 Å². The van der Waals surface area contributed by atoms with Gasteiger partial charge in [-0.1, -0.05) is 35.9 Å². The first-order valence-electron chi connectivity index (χ1n) is 9.45. The zero-order chi connectivity index (χ0) is 21.9. The average Bonchev–Trinajstić information content (AvgIpc) is 2.74. The summed E-state index contributed by atoms with van der Waals surface area (Å²) in [5, 5.41) is 30.6. The van der Waals surface area contributed by atoms with Crippen molar-refractivity contribution in [2.24, 2.45) is 5.92 Å². The monoisotopic (exact) mass is 436 g/mol. The van der Waals surface area contributed by atoms with Crippen LogP contribution in [-0.2, 0) is 19.0 Å². The smallest absolute Gasteiger partial charge is 0.338 e. The van der Waals surface area contributed by atoms with E-state index in [2.05, 4.69) is 0 Å². The molecule has 0 aliphatic heterocycles. The number of rotatable bonds is 6. The number of esters is 1. The molecule has 2 aromatic carbocycles. The largest absolute Gasteiger partial charge is 0.456 e. The number of aliphatic hydroxyl groups excluding tert-OH is 3. The van der Waals surface area contributed by atoms with Crippen molar-refractivity contribution in [3.05, 3.63) is 65.7 Å². The lowest BCUT2D eigenvalue weighted by Gasteiger charge is -2.39. The molecule has 30 heavy (non-hydrogen) atoms. The predicted molar refractivity (Wildman–Crippen MR) is 106 cm³/mol. The first-order chi connectivity index (χ1) is 14.2. The molecule has 0 heterocycles. The SMILES string of the molecule is Cc1ccc(S(=O)(=O)OCC2C[C@@H](OC(=O)c3ccccc3)[C@H](O)C(O)C2O)cc1. The van der Waals surface area contributed by atoms with Crippen LogP contribution in [0.3, 0.4) is 0 Å². The molecule has 3 rings (SSSR count). The van der Waals surface area contributed by atoms with E-state index in [9.17, 15) is 28.5 Å². The third-order valence-corrected chi connectivity index (χ3v) is 6.41. The minimum atomic E-state index is -4.08.